The monoisotopic (exact) mass is 378 g/mol. The lowest BCUT2D eigenvalue weighted by molar-refractivity contribution is -0.104. The highest BCUT2D eigenvalue weighted by atomic mass is 16.5. The van der Waals surface area contributed by atoms with Gasteiger partial charge in [-0.15, -0.1) is 0 Å². The number of pyridine rings is 1. The van der Waals surface area contributed by atoms with Crippen LogP contribution in [0, 0.1) is 0 Å². The lowest BCUT2D eigenvalue weighted by Crippen LogP contribution is -2.22. The predicted octanol–water partition coefficient (Wildman–Crippen LogP) is 4.06. The van der Waals surface area contributed by atoms with Crippen LogP contribution in [-0.4, -0.2) is 24.6 Å². The molecule has 1 atom stereocenters. The maximum Gasteiger partial charge on any atom is 0.196 e. The van der Waals surface area contributed by atoms with Crippen LogP contribution in [0.2, 0.25) is 0 Å². The number of nitrogens with one attached hydrogen (secondary N) is 1. The van der Waals surface area contributed by atoms with Gasteiger partial charge >= 0.3 is 0 Å². The van der Waals surface area contributed by atoms with Crippen LogP contribution in [0.5, 0.6) is 17.2 Å². The minimum absolute atomic E-state index is 0.342. The summed E-state index contributed by atoms with van der Waals surface area (Å²) in [5, 5.41) is 3.28. The third kappa shape index (κ3) is 4.40. The summed E-state index contributed by atoms with van der Waals surface area (Å²) in [5.41, 5.74) is 2.94. The number of ether oxygens (including phenoxy) is 3. The Bertz CT molecular complexity index is 917. The molecule has 144 valence electrons. The van der Waals surface area contributed by atoms with Crippen LogP contribution in [0.15, 0.2) is 72.5 Å². The molecule has 1 aromatic heterocycles. The van der Waals surface area contributed by atoms with E-state index in [1.54, 1.807) is 38.5 Å². The summed E-state index contributed by atoms with van der Waals surface area (Å²) in [4.78, 5) is 15.3. The van der Waals surface area contributed by atoms with Gasteiger partial charge in [-0.25, -0.2) is 0 Å². The molecule has 1 aromatic carbocycles. The van der Waals surface area contributed by atoms with Crippen molar-refractivity contribution in [3.63, 3.8) is 0 Å². The zero-order valence-corrected chi connectivity index (χ0v) is 15.8. The molecule has 0 radical (unpaired) electrons. The van der Waals surface area contributed by atoms with Crippen molar-refractivity contribution >= 4 is 12.0 Å². The first-order valence-corrected chi connectivity index (χ1v) is 8.81. The Morgan fingerprint density at radius 1 is 1.32 bits per heavy atom. The summed E-state index contributed by atoms with van der Waals surface area (Å²) >= 11 is 0. The molecule has 0 saturated heterocycles. The highest BCUT2D eigenvalue weighted by molar-refractivity contribution is 5.78. The number of aldehydes is 1. The second kappa shape index (κ2) is 8.90. The van der Waals surface area contributed by atoms with Gasteiger partial charge in [-0.3, -0.25) is 9.78 Å². The Kier molecular flexibility index (Phi) is 6.11. The normalized spacial score (nSPS) is 15.9. The first-order chi connectivity index (χ1) is 13.7. The number of anilines is 1. The van der Waals surface area contributed by atoms with Gasteiger partial charge in [0.1, 0.15) is 30.1 Å². The number of hydrogen-bond acceptors (Lipinski definition) is 6. The maximum absolute atomic E-state index is 11.1. The van der Waals surface area contributed by atoms with E-state index >= 15 is 0 Å². The van der Waals surface area contributed by atoms with E-state index in [2.05, 4.69) is 16.9 Å². The summed E-state index contributed by atoms with van der Waals surface area (Å²) in [6, 6.07) is 9.25. The number of carbonyl (C=O) groups is 1. The van der Waals surface area contributed by atoms with E-state index in [4.69, 9.17) is 14.2 Å². The largest absolute Gasteiger partial charge is 0.495 e. The second-order valence-corrected chi connectivity index (χ2v) is 6.03. The van der Waals surface area contributed by atoms with E-state index in [9.17, 15) is 4.79 Å². The molecular weight excluding hydrogens is 356 g/mol. The molecule has 2 heterocycles. The molecule has 6 heteroatoms. The Morgan fingerprint density at radius 3 is 2.79 bits per heavy atom. The van der Waals surface area contributed by atoms with Crippen LogP contribution < -0.4 is 19.5 Å². The van der Waals surface area contributed by atoms with E-state index in [-0.39, 0.29) is 0 Å². The molecule has 28 heavy (non-hydrogen) atoms. The molecule has 1 aliphatic rings. The number of rotatable bonds is 8. The number of methoxy groups -OCH3 is 1. The summed E-state index contributed by atoms with van der Waals surface area (Å²) < 4.78 is 16.8. The molecule has 6 nitrogen and oxygen atoms in total. The van der Waals surface area contributed by atoms with Crippen molar-refractivity contribution in [3.05, 3.63) is 78.2 Å². The third-order valence-corrected chi connectivity index (χ3v) is 4.24. The van der Waals surface area contributed by atoms with Crippen LogP contribution in [0.1, 0.15) is 12.6 Å². The SMILES string of the molecule is C=C/C(=C\C(C=O)=C/C)C1Nc2cc(OCc3ccc(OC)cn3)ccc2O1. The van der Waals surface area contributed by atoms with Gasteiger partial charge in [0.05, 0.1) is 24.7 Å². The minimum Gasteiger partial charge on any atom is -0.495 e. The molecule has 0 spiro atoms. The second-order valence-electron chi connectivity index (χ2n) is 6.03. The molecule has 0 bridgehead atoms. The van der Waals surface area contributed by atoms with Crippen molar-refractivity contribution in [1.29, 1.82) is 0 Å². The standard InChI is InChI=1S/C22H22N2O4/c1-4-15(13-25)10-16(5-2)22-24-20-11-18(8-9-21(20)28-22)27-14-17-6-7-19(26-3)12-23-17/h4-13,22,24H,2,14H2,1,3H3/b15-4+,16-10+. The van der Waals surface area contributed by atoms with Crippen molar-refractivity contribution in [2.45, 2.75) is 19.8 Å². The van der Waals surface area contributed by atoms with Gasteiger partial charge in [0, 0.05) is 17.2 Å². The maximum atomic E-state index is 11.1. The highest BCUT2D eigenvalue weighted by Gasteiger charge is 2.24. The summed E-state index contributed by atoms with van der Waals surface area (Å²) in [7, 11) is 1.60. The zero-order chi connectivity index (χ0) is 19.9. The summed E-state index contributed by atoms with van der Waals surface area (Å²) in [6.45, 7) is 5.96. The number of aromatic nitrogens is 1. The summed E-state index contributed by atoms with van der Waals surface area (Å²) in [5.74, 6) is 2.11. The Balaban J connectivity index is 1.67. The van der Waals surface area contributed by atoms with Gasteiger partial charge in [0.25, 0.3) is 0 Å². The van der Waals surface area contributed by atoms with Gasteiger partial charge < -0.3 is 19.5 Å². The molecule has 0 aliphatic carbocycles. The van der Waals surface area contributed by atoms with Gasteiger partial charge in [-0.05, 0) is 37.3 Å². The fourth-order valence-corrected chi connectivity index (χ4v) is 2.66. The molecule has 0 saturated carbocycles. The number of benzene rings is 1. The first-order valence-electron chi connectivity index (χ1n) is 8.81. The van der Waals surface area contributed by atoms with Crippen molar-refractivity contribution in [2.75, 3.05) is 12.4 Å². The third-order valence-electron chi connectivity index (χ3n) is 4.24. The first kappa shape index (κ1) is 19.2. The minimum atomic E-state index is -0.416. The molecule has 1 N–H and O–H groups in total. The van der Waals surface area contributed by atoms with Gasteiger partial charge in [-0.2, -0.15) is 0 Å². The molecule has 1 aliphatic heterocycles. The topological polar surface area (TPSA) is 69.7 Å². The number of allylic oxidation sites excluding steroid dienone is 3. The molecule has 3 rings (SSSR count). The van der Waals surface area contributed by atoms with Crippen LogP contribution >= 0.6 is 0 Å². The van der Waals surface area contributed by atoms with Crippen molar-refractivity contribution < 1.29 is 19.0 Å². The predicted molar refractivity (Wildman–Crippen MR) is 108 cm³/mol. The van der Waals surface area contributed by atoms with E-state index in [0.717, 1.165) is 23.2 Å². The highest BCUT2D eigenvalue weighted by Crippen LogP contribution is 2.37. The van der Waals surface area contributed by atoms with Gasteiger partial charge in [-0.1, -0.05) is 18.7 Å². The lowest BCUT2D eigenvalue weighted by Gasteiger charge is -2.12. The van der Waals surface area contributed by atoms with E-state index in [1.165, 1.54) is 0 Å². The fraction of sp³-hybridized carbons (Fsp3) is 0.182. The Hall–Kier alpha value is -3.54. The molecule has 0 amide bonds. The molecule has 0 fully saturated rings. The van der Waals surface area contributed by atoms with E-state index in [1.807, 2.05) is 30.3 Å². The van der Waals surface area contributed by atoms with Crippen LogP contribution in [0.25, 0.3) is 0 Å². The van der Waals surface area contributed by atoms with Crippen molar-refractivity contribution in [3.8, 4) is 17.2 Å². The van der Waals surface area contributed by atoms with Crippen LogP contribution in [0.3, 0.4) is 0 Å². The van der Waals surface area contributed by atoms with Crippen LogP contribution in [0.4, 0.5) is 5.69 Å². The smallest absolute Gasteiger partial charge is 0.196 e. The van der Waals surface area contributed by atoms with E-state index < -0.39 is 6.23 Å². The van der Waals surface area contributed by atoms with Gasteiger partial charge in [0.2, 0.25) is 0 Å². The van der Waals surface area contributed by atoms with Gasteiger partial charge in [0.15, 0.2) is 6.23 Å². The average molecular weight is 378 g/mol. The van der Waals surface area contributed by atoms with Crippen molar-refractivity contribution in [2.24, 2.45) is 0 Å². The van der Waals surface area contributed by atoms with Crippen molar-refractivity contribution in [1.82, 2.24) is 4.98 Å². The van der Waals surface area contributed by atoms with Crippen LogP contribution in [-0.2, 0) is 11.4 Å². The summed E-state index contributed by atoms with van der Waals surface area (Å²) in [6.07, 6.45) is 7.19. The Morgan fingerprint density at radius 2 is 2.14 bits per heavy atom. The number of nitrogens with zero attached hydrogens (tertiary/aromatic N) is 1. The number of fused-ring (bicyclic) bond motifs is 1. The molecular formula is C22H22N2O4. The fourth-order valence-electron chi connectivity index (χ4n) is 2.66. The quantitative estimate of drug-likeness (QED) is 0.424. The zero-order valence-electron chi connectivity index (χ0n) is 15.8. The molecule has 1 unspecified atom stereocenters. The Labute approximate surface area is 164 Å². The van der Waals surface area contributed by atoms with E-state index in [0.29, 0.717) is 29.4 Å². The lowest BCUT2D eigenvalue weighted by atomic mass is 10.1. The number of carbonyl (C=O) groups excluding carboxylic acids is 1. The molecule has 2 aromatic rings. The average Bonchev–Trinajstić information content (AvgIpc) is 3.16. The number of hydrogen-bond donors (Lipinski definition) is 1.